The summed E-state index contributed by atoms with van der Waals surface area (Å²) in [4.78, 5) is 38.6. The van der Waals surface area contributed by atoms with Gasteiger partial charge in [0.15, 0.2) is 11.2 Å². The van der Waals surface area contributed by atoms with Crippen LogP contribution in [-0.2, 0) is 19.1 Å². The number of hydrogen-bond donors (Lipinski definition) is 0. The minimum atomic E-state index is -1.43. The first-order chi connectivity index (χ1) is 15.0. The average Bonchev–Trinajstić information content (AvgIpc) is 3.19. The van der Waals surface area contributed by atoms with E-state index >= 15 is 0 Å². The summed E-state index contributed by atoms with van der Waals surface area (Å²) in [6.45, 7) is 2.04. The van der Waals surface area contributed by atoms with Gasteiger partial charge in [-0.15, -0.1) is 0 Å². The number of esters is 2. The Bertz CT molecular complexity index is 959. The van der Waals surface area contributed by atoms with E-state index in [9.17, 15) is 14.4 Å². The Labute approximate surface area is 183 Å². The molecular formula is C26H28O5. The third kappa shape index (κ3) is 4.46. The van der Waals surface area contributed by atoms with E-state index < -0.39 is 17.4 Å². The number of allylic oxidation sites excluding steroid dienone is 2. The Kier molecular flexibility index (Phi) is 7.06. The van der Waals surface area contributed by atoms with Gasteiger partial charge in [0.1, 0.15) is 0 Å². The molecule has 5 heteroatoms. The van der Waals surface area contributed by atoms with Crippen molar-refractivity contribution in [2.24, 2.45) is 11.3 Å². The number of ketones is 1. The molecule has 2 aromatic carbocycles. The lowest BCUT2D eigenvalue weighted by atomic mass is 9.84. The van der Waals surface area contributed by atoms with Crippen LogP contribution < -0.4 is 0 Å². The Hall–Kier alpha value is -3.21. The van der Waals surface area contributed by atoms with Crippen molar-refractivity contribution in [1.82, 2.24) is 0 Å². The molecule has 1 unspecified atom stereocenters. The van der Waals surface area contributed by atoms with Crippen molar-refractivity contribution in [2.45, 2.75) is 32.6 Å². The SMILES string of the molecule is CC/C(=C1/CC(C(=O)OC)(C(=O)OC)CC1CC(=O)c1ccccc1)c1ccccc1. The quantitative estimate of drug-likeness (QED) is 0.363. The number of hydrogen-bond acceptors (Lipinski definition) is 5. The zero-order chi connectivity index (χ0) is 22.4. The molecule has 0 spiro atoms. The summed E-state index contributed by atoms with van der Waals surface area (Å²) < 4.78 is 10.0. The normalized spacial score (nSPS) is 18.9. The first-order valence-electron chi connectivity index (χ1n) is 10.5. The Morgan fingerprint density at radius 3 is 1.87 bits per heavy atom. The summed E-state index contributed by atoms with van der Waals surface area (Å²) in [5.41, 5.74) is 2.22. The van der Waals surface area contributed by atoms with Crippen molar-refractivity contribution in [1.29, 1.82) is 0 Å². The molecule has 0 N–H and O–H groups in total. The van der Waals surface area contributed by atoms with E-state index in [0.717, 1.165) is 16.7 Å². The Balaban J connectivity index is 2.09. The van der Waals surface area contributed by atoms with Crippen LogP contribution in [0.3, 0.4) is 0 Å². The summed E-state index contributed by atoms with van der Waals surface area (Å²) in [5, 5.41) is 0. The number of Topliss-reactive ketones (excluding diaryl/α,β-unsaturated/α-hetero) is 1. The smallest absolute Gasteiger partial charge is 0.323 e. The zero-order valence-corrected chi connectivity index (χ0v) is 18.2. The van der Waals surface area contributed by atoms with E-state index in [0.29, 0.717) is 12.0 Å². The molecule has 1 atom stereocenters. The molecule has 162 valence electrons. The summed E-state index contributed by atoms with van der Waals surface area (Å²) >= 11 is 0. The third-order valence-corrected chi connectivity index (χ3v) is 6.12. The second-order valence-corrected chi connectivity index (χ2v) is 7.86. The maximum Gasteiger partial charge on any atom is 0.323 e. The monoisotopic (exact) mass is 420 g/mol. The first kappa shape index (κ1) is 22.5. The van der Waals surface area contributed by atoms with Crippen LogP contribution in [0, 0.1) is 11.3 Å². The van der Waals surface area contributed by atoms with E-state index in [4.69, 9.17) is 9.47 Å². The van der Waals surface area contributed by atoms with Crippen molar-refractivity contribution >= 4 is 23.3 Å². The third-order valence-electron chi connectivity index (χ3n) is 6.12. The summed E-state index contributed by atoms with van der Waals surface area (Å²) in [5.74, 6) is -1.51. The molecule has 0 aliphatic heterocycles. The fourth-order valence-corrected chi connectivity index (χ4v) is 4.64. The maximum absolute atomic E-state index is 13.0. The van der Waals surface area contributed by atoms with Crippen LogP contribution in [0.1, 0.15) is 48.5 Å². The fraction of sp³-hybridized carbons (Fsp3) is 0.346. The van der Waals surface area contributed by atoms with E-state index in [-0.39, 0.29) is 31.0 Å². The van der Waals surface area contributed by atoms with Gasteiger partial charge in [-0.2, -0.15) is 0 Å². The zero-order valence-electron chi connectivity index (χ0n) is 18.2. The highest BCUT2D eigenvalue weighted by atomic mass is 16.5. The molecular weight excluding hydrogens is 392 g/mol. The molecule has 1 fully saturated rings. The summed E-state index contributed by atoms with van der Waals surface area (Å²) in [6.07, 6.45) is 1.31. The van der Waals surface area contributed by atoms with Gasteiger partial charge in [-0.05, 0) is 36.3 Å². The van der Waals surface area contributed by atoms with Crippen LogP contribution in [0.5, 0.6) is 0 Å². The van der Waals surface area contributed by atoms with E-state index in [1.165, 1.54) is 14.2 Å². The fourth-order valence-electron chi connectivity index (χ4n) is 4.64. The Morgan fingerprint density at radius 2 is 1.39 bits per heavy atom. The van der Waals surface area contributed by atoms with Gasteiger partial charge in [0.05, 0.1) is 14.2 Å². The lowest BCUT2D eigenvalue weighted by Gasteiger charge is -2.22. The van der Waals surface area contributed by atoms with Crippen molar-refractivity contribution in [2.75, 3.05) is 14.2 Å². The largest absolute Gasteiger partial charge is 0.468 e. The van der Waals surface area contributed by atoms with Crippen LogP contribution in [0.25, 0.3) is 5.57 Å². The minimum Gasteiger partial charge on any atom is -0.468 e. The van der Waals surface area contributed by atoms with Gasteiger partial charge in [-0.3, -0.25) is 14.4 Å². The molecule has 3 rings (SSSR count). The van der Waals surface area contributed by atoms with E-state index in [1.807, 2.05) is 55.5 Å². The van der Waals surface area contributed by atoms with Crippen LogP contribution in [0.15, 0.2) is 66.2 Å². The van der Waals surface area contributed by atoms with Gasteiger partial charge >= 0.3 is 11.9 Å². The molecule has 2 aromatic rings. The number of rotatable bonds is 7. The van der Waals surface area contributed by atoms with Crippen molar-refractivity contribution in [3.05, 3.63) is 77.4 Å². The highest BCUT2D eigenvalue weighted by molar-refractivity contribution is 6.02. The molecule has 1 aliphatic carbocycles. The molecule has 0 aromatic heterocycles. The van der Waals surface area contributed by atoms with Gasteiger partial charge < -0.3 is 9.47 Å². The number of carbonyl (C=O) groups excluding carboxylic acids is 3. The number of ether oxygens (including phenoxy) is 2. The minimum absolute atomic E-state index is 0.0165. The second kappa shape index (κ2) is 9.73. The molecule has 5 nitrogen and oxygen atoms in total. The molecule has 0 bridgehead atoms. The van der Waals surface area contributed by atoms with Gasteiger partial charge in [0.25, 0.3) is 0 Å². The highest BCUT2D eigenvalue weighted by Crippen LogP contribution is 2.51. The standard InChI is InChI=1S/C26H28O5/c1-4-21(18-11-7-5-8-12-18)22-17-26(24(28)30-2,25(29)31-3)16-20(22)15-23(27)19-13-9-6-10-14-19/h5-14,20H,4,15-17H2,1-3H3/b22-21+. The van der Waals surface area contributed by atoms with Crippen LogP contribution in [0.4, 0.5) is 0 Å². The summed E-state index contributed by atoms with van der Waals surface area (Å²) in [7, 11) is 2.55. The molecule has 0 heterocycles. The van der Waals surface area contributed by atoms with Gasteiger partial charge in [-0.1, -0.05) is 73.2 Å². The topological polar surface area (TPSA) is 69.7 Å². The molecule has 1 aliphatic rings. The van der Waals surface area contributed by atoms with Gasteiger partial charge in [0.2, 0.25) is 0 Å². The van der Waals surface area contributed by atoms with Crippen LogP contribution >= 0.6 is 0 Å². The van der Waals surface area contributed by atoms with Crippen LogP contribution in [0.2, 0.25) is 0 Å². The molecule has 0 amide bonds. The second-order valence-electron chi connectivity index (χ2n) is 7.86. The molecule has 1 saturated carbocycles. The number of benzene rings is 2. The maximum atomic E-state index is 13.0. The van der Waals surface area contributed by atoms with Gasteiger partial charge in [-0.25, -0.2) is 0 Å². The lowest BCUT2D eigenvalue weighted by molar-refractivity contribution is -0.168. The first-order valence-corrected chi connectivity index (χ1v) is 10.5. The molecule has 0 radical (unpaired) electrons. The lowest BCUT2D eigenvalue weighted by Crippen LogP contribution is -2.39. The highest BCUT2D eigenvalue weighted by Gasteiger charge is 2.56. The predicted molar refractivity (Wildman–Crippen MR) is 118 cm³/mol. The number of methoxy groups -OCH3 is 2. The predicted octanol–water partition coefficient (Wildman–Crippen LogP) is 4.87. The van der Waals surface area contributed by atoms with Crippen LogP contribution in [-0.4, -0.2) is 31.9 Å². The van der Waals surface area contributed by atoms with Crippen molar-refractivity contribution < 1.29 is 23.9 Å². The molecule has 0 saturated heterocycles. The van der Waals surface area contributed by atoms with Gasteiger partial charge in [0, 0.05) is 12.0 Å². The summed E-state index contributed by atoms with van der Waals surface area (Å²) in [6, 6.07) is 19.0. The van der Waals surface area contributed by atoms with Crippen molar-refractivity contribution in [3.63, 3.8) is 0 Å². The average molecular weight is 421 g/mol. The van der Waals surface area contributed by atoms with E-state index in [2.05, 4.69) is 0 Å². The molecule has 31 heavy (non-hydrogen) atoms. The Morgan fingerprint density at radius 1 is 0.871 bits per heavy atom. The van der Waals surface area contributed by atoms with Crippen molar-refractivity contribution in [3.8, 4) is 0 Å². The van der Waals surface area contributed by atoms with E-state index in [1.54, 1.807) is 12.1 Å². The number of carbonyl (C=O) groups is 3.